The number of carboxylic acids is 1. The Bertz CT molecular complexity index is 333. The van der Waals surface area contributed by atoms with Gasteiger partial charge in [-0.15, -0.1) is 0 Å². The van der Waals surface area contributed by atoms with E-state index in [-0.39, 0.29) is 6.04 Å². The molecular weight excluding hydrogens is 264 g/mol. The summed E-state index contributed by atoms with van der Waals surface area (Å²) in [6.45, 7) is 14.0. The number of rotatable bonds is 8. The fourth-order valence-corrected chi connectivity index (χ4v) is 3.24. The first-order chi connectivity index (χ1) is 9.74. The van der Waals surface area contributed by atoms with E-state index in [4.69, 9.17) is 0 Å². The van der Waals surface area contributed by atoms with Gasteiger partial charge in [-0.1, -0.05) is 13.8 Å². The molecule has 4 heteroatoms. The third-order valence-electron chi connectivity index (χ3n) is 4.90. The van der Waals surface area contributed by atoms with Crippen molar-refractivity contribution in [1.29, 1.82) is 0 Å². The average molecular weight is 298 g/mol. The largest absolute Gasteiger partial charge is 0.480 e. The van der Waals surface area contributed by atoms with Crippen LogP contribution in [0.5, 0.6) is 0 Å². The first kappa shape index (κ1) is 18.4. The smallest absolute Gasteiger partial charge is 0.323 e. The van der Waals surface area contributed by atoms with Crippen LogP contribution in [0.25, 0.3) is 0 Å². The van der Waals surface area contributed by atoms with Gasteiger partial charge in [-0.2, -0.15) is 0 Å². The van der Waals surface area contributed by atoms with E-state index in [2.05, 4.69) is 24.1 Å². The number of likely N-dealkylation sites (tertiary alicyclic amines) is 1. The molecule has 0 aromatic heterocycles. The number of nitrogens with zero attached hydrogens (tertiary/aromatic N) is 1. The second-order valence-electron chi connectivity index (χ2n) is 7.44. The van der Waals surface area contributed by atoms with Crippen LogP contribution in [-0.2, 0) is 4.79 Å². The molecule has 1 fully saturated rings. The predicted molar refractivity (Wildman–Crippen MR) is 87.5 cm³/mol. The van der Waals surface area contributed by atoms with Gasteiger partial charge in [0.25, 0.3) is 0 Å². The van der Waals surface area contributed by atoms with Gasteiger partial charge < -0.3 is 10.0 Å². The molecule has 21 heavy (non-hydrogen) atoms. The lowest BCUT2D eigenvalue weighted by Crippen LogP contribution is -2.52. The summed E-state index contributed by atoms with van der Waals surface area (Å²) in [6, 6.07) is 0.190. The number of aliphatic carboxylic acids is 1. The zero-order valence-electron chi connectivity index (χ0n) is 14.5. The Morgan fingerprint density at radius 3 is 2.52 bits per heavy atom. The Kier molecular flexibility index (Phi) is 7.14. The van der Waals surface area contributed by atoms with E-state index in [1.165, 1.54) is 19.5 Å². The van der Waals surface area contributed by atoms with Gasteiger partial charge in [0.05, 0.1) is 0 Å². The van der Waals surface area contributed by atoms with Crippen molar-refractivity contribution in [3.63, 3.8) is 0 Å². The lowest BCUT2D eigenvalue weighted by atomic mass is 9.88. The van der Waals surface area contributed by atoms with E-state index in [1.807, 2.05) is 13.8 Å². The zero-order chi connectivity index (χ0) is 16.0. The maximum Gasteiger partial charge on any atom is 0.323 e. The lowest BCUT2D eigenvalue weighted by Gasteiger charge is -2.35. The minimum absolute atomic E-state index is 0.190. The van der Waals surface area contributed by atoms with Gasteiger partial charge in [-0.25, -0.2) is 0 Å². The lowest BCUT2D eigenvalue weighted by molar-refractivity contribution is -0.144. The Balaban J connectivity index is 2.30. The van der Waals surface area contributed by atoms with Crippen LogP contribution in [-0.4, -0.2) is 47.2 Å². The molecule has 2 N–H and O–H groups in total. The fraction of sp³-hybridized carbons (Fsp3) is 0.941. The van der Waals surface area contributed by atoms with Crippen LogP contribution in [0.3, 0.4) is 0 Å². The number of hydrogen-bond donors (Lipinski definition) is 2. The number of carbonyl (C=O) groups is 1. The number of nitrogens with one attached hydrogen (secondary N) is 1. The molecule has 124 valence electrons. The van der Waals surface area contributed by atoms with E-state index in [0.29, 0.717) is 6.42 Å². The molecule has 1 aliphatic heterocycles. The van der Waals surface area contributed by atoms with Crippen LogP contribution in [0.1, 0.15) is 60.3 Å². The third-order valence-corrected chi connectivity index (χ3v) is 4.90. The molecule has 1 heterocycles. The fourth-order valence-electron chi connectivity index (χ4n) is 3.24. The van der Waals surface area contributed by atoms with Crippen molar-refractivity contribution in [2.45, 2.75) is 71.9 Å². The molecule has 0 aromatic rings. The standard InChI is InChI=1S/C17H34N2O2/c1-13(2)18-17(5,16(20)21)9-6-7-10-19-11-8-14(3)15(4)12-19/h13-15,18H,6-12H2,1-5H3,(H,20,21). The first-order valence-electron chi connectivity index (χ1n) is 8.48. The average Bonchev–Trinajstić information content (AvgIpc) is 2.38. The topological polar surface area (TPSA) is 52.6 Å². The third kappa shape index (κ3) is 5.95. The molecular formula is C17H34N2O2. The monoisotopic (exact) mass is 298 g/mol. The van der Waals surface area contributed by atoms with E-state index >= 15 is 0 Å². The first-order valence-corrected chi connectivity index (χ1v) is 8.48. The summed E-state index contributed by atoms with van der Waals surface area (Å²) in [5, 5.41) is 12.6. The summed E-state index contributed by atoms with van der Waals surface area (Å²) in [5.74, 6) is 0.883. The van der Waals surface area contributed by atoms with E-state index < -0.39 is 11.5 Å². The molecule has 0 bridgehead atoms. The van der Waals surface area contributed by atoms with Crippen LogP contribution in [0, 0.1) is 11.8 Å². The molecule has 1 saturated heterocycles. The summed E-state index contributed by atoms with van der Waals surface area (Å²) < 4.78 is 0. The number of hydrogen-bond acceptors (Lipinski definition) is 3. The highest BCUT2D eigenvalue weighted by molar-refractivity contribution is 5.78. The maximum atomic E-state index is 11.5. The van der Waals surface area contributed by atoms with Crippen LogP contribution in [0.15, 0.2) is 0 Å². The van der Waals surface area contributed by atoms with Crippen molar-refractivity contribution in [2.75, 3.05) is 19.6 Å². The van der Waals surface area contributed by atoms with Gasteiger partial charge in [-0.05, 0) is 71.4 Å². The summed E-state index contributed by atoms with van der Waals surface area (Å²) in [4.78, 5) is 14.0. The van der Waals surface area contributed by atoms with Crippen LogP contribution in [0.4, 0.5) is 0 Å². The minimum Gasteiger partial charge on any atom is -0.480 e. The quantitative estimate of drug-likeness (QED) is 0.676. The van der Waals surface area contributed by atoms with E-state index in [9.17, 15) is 9.90 Å². The molecule has 0 aromatic carbocycles. The van der Waals surface area contributed by atoms with Gasteiger partial charge in [0.1, 0.15) is 5.54 Å². The van der Waals surface area contributed by atoms with Crippen LogP contribution < -0.4 is 5.32 Å². The molecule has 0 spiro atoms. The van der Waals surface area contributed by atoms with Gasteiger partial charge in [0.15, 0.2) is 0 Å². The highest BCUT2D eigenvalue weighted by Gasteiger charge is 2.32. The van der Waals surface area contributed by atoms with Crippen molar-refractivity contribution in [1.82, 2.24) is 10.2 Å². The number of unbranched alkanes of at least 4 members (excludes halogenated alkanes) is 1. The normalized spacial score (nSPS) is 26.8. The van der Waals surface area contributed by atoms with Crippen molar-refractivity contribution in [3.8, 4) is 0 Å². The maximum absolute atomic E-state index is 11.5. The minimum atomic E-state index is -0.794. The second-order valence-corrected chi connectivity index (χ2v) is 7.44. The zero-order valence-corrected chi connectivity index (χ0v) is 14.5. The van der Waals surface area contributed by atoms with Gasteiger partial charge in [-0.3, -0.25) is 10.1 Å². The Hall–Kier alpha value is -0.610. The van der Waals surface area contributed by atoms with Crippen molar-refractivity contribution in [3.05, 3.63) is 0 Å². The Morgan fingerprint density at radius 1 is 1.33 bits per heavy atom. The number of carboxylic acid groups (broad SMARTS) is 1. The summed E-state index contributed by atoms with van der Waals surface area (Å²) in [7, 11) is 0. The summed E-state index contributed by atoms with van der Waals surface area (Å²) in [5.41, 5.74) is -0.794. The van der Waals surface area contributed by atoms with Gasteiger partial charge >= 0.3 is 5.97 Å². The Labute approximate surface area is 130 Å². The second kappa shape index (κ2) is 8.14. The van der Waals surface area contributed by atoms with Crippen molar-refractivity contribution in [2.24, 2.45) is 11.8 Å². The number of piperidine rings is 1. The SMILES string of the molecule is CC(C)NC(C)(CCCCN1CCC(C)C(C)C1)C(=O)O. The summed E-state index contributed by atoms with van der Waals surface area (Å²) in [6.07, 6.45) is 4.04. The predicted octanol–water partition coefficient (Wildman–Crippen LogP) is 2.98. The molecule has 0 aliphatic carbocycles. The van der Waals surface area contributed by atoms with Crippen LogP contribution >= 0.6 is 0 Å². The molecule has 0 amide bonds. The molecule has 3 atom stereocenters. The van der Waals surface area contributed by atoms with Gasteiger partial charge in [0.2, 0.25) is 0 Å². The molecule has 1 rings (SSSR count). The Morgan fingerprint density at radius 2 is 2.00 bits per heavy atom. The molecule has 0 radical (unpaired) electrons. The highest BCUT2D eigenvalue weighted by atomic mass is 16.4. The van der Waals surface area contributed by atoms with Crippen LogP contribution in [0.2, 0.25) is 0 Å². The van der Waals surface area contributed by atoms with Gasteiger partial charge in [0, 0.05) is 12.6 Å². The molecule has 4 nitrogen and oxygen atoms in total. The van der Waals surface area contributed by atoms with Crippen molar-refractivity contribution >= 4 is 5.97 Å². The van der Waals surface area contributed by atoms with E-state index in [1.54, 1.807) is 6.92 Å². The van der Waals surface area contributed by atoms with E-state index in [0.717, 1.165) is 31.2 Å². The van der Waals surface area contributed by atoms with Crippen molar-refractivity contribution < 1.29 is 9.90 Å². The molecule has 1 aliphatic rings. The summed E-state index contributed by atoms with van der Waals surface area (Å²) >= 11 is 0. The molecule has 0 saturated carbocycles. The molecule has 3 unspecified atom stereocenters. The highest BCUT2D eigenvalue weighted by Crippen LogP contribution is 2.23.